The van der Waals surface area contributed by atoms with Crippen molar-refractivity contribution in [2.24, 2.45) is 0 Å². The van der Waals surface area contributed by atoms with Crippen LogP contribution in [0.15, 0.2) is 78.9 Å². The Labute approximate surface area is 279 Å². The van der Waals surface area contributed by atoms with Crippen molar-refractivity contribution < 1.29 is 28.6 Å². The molecular weight excluding hydrogens is 590 g/mol. The van der Waals surface area contributed by atoms with Gasteiger partial charge in [-0.05, 0) is 53.5 Å². The molecule has 0 radical (unpaired) electrons. The molecule has 3 rings (SSSR count). The lowest BCUT2D eigenvalue weighted by Crippen LogP contribution is -2.28. The first-order valence-corrected chi connectivity index (χ1v) is 16.4. The molecule has 1 amide bonds. The smallest absolute Gasteiger partial charge is 0.343 e. The normalized spacial score (nSPS) is 10.6. The maximum absolute atomic E-state index is 13.5. The summed E-state index contributed by atoms with van der Waals surface area (Å²) in [5, 5.41) is 0. The Kier molecular flexibility index (Phi) is 16.4. The van der Waals surface area contributed by atoms with Gasteiger partial charge in [-0.1, -0.05) is 112 Å². The quantitative estimate of drug-likeness (QED) is 0.0606. The van der Waals surface area contributed by atoms with Crippen LogP contribution in [0.5, 0.6) is 5.75 Å². The number of carbonyl (C=O) groups excluding carboxylic acids is 3. The first-order chi connectivity index (χ1) is 22.9. The predicted octanol–water partition coefficient (Wildman–Crippen LogP) is 8.15. The summed E-state index contributed by atoms with van der Waals surface area (Å²) in [6.45, 7) is 2.46. The second-order valence-corrected chi connectivity index (χ2v) is 11.3. The summed E-state index contributed by atoms with van der Waals surface area (Å²) < 4.78 is 15.1. The fourth-order valence-corrected chi connectivity index (χ4v) is 4.96. The average molecular weight is 638 g/mol. The third-order valence-electron chi connectivity index (χ3n) is 7.64. The lowest BCUT2D eigenvalue weighted by atomic mass is 10.1. The van der Waals surface area contributed by atoms with Crippen molar-refractivity contribution in [2.45, 2.75) is 77.8 Å². The van der Waals surface area contributed by atoms with E-state index in [0.717, 1.165) is 29.5 Å². The van der Waals surface area contributed by atoms with E-state index in [4.69, 9.17) is 9.47 Å². The fourth-order valence-electron chi connectivity index (χ4n) is 4.96. The standard InChI is InChI=1S/C40H47NO6/c1-4-5-6-7-8-9-10-11-12-14-19-33-20-22-34(23-21-33)29-41(38(42)27-25-32-17-15-13-16-18-32)30-35-24-26-37(47-31-39(43)45-2)36(28-35)40(44)46-3/h13,15-18,20-28H,4-12,29-31H2,1-3H3/b27-25+. The Hall–Kier alpha value is -4.83. The third-order valence-corrected chi connectivity index (χ3v) is 7.64. The molecule has 0 aliphatic heterocycles. The molecule has 3 aromatic rings. The van der Waals surface area contributed by atoms with E-state index < -0.39 is 11.9 Å². The van der Waals surface area contributed by atoms with E-state index in [1.54, 1.807) is 35.3 Å². The first-order valence-electron chi connectivity index (χ1n) is 16.4. The van der Waals surface area contributed by atoms with Crippen LogP contribution in [0.3, 0.4) is 0 Å². The summed E-state index contributed by atoms with van der Waals surface area (Å²) >= 11 is 0. The van der Waals surface area contributed by atoms with Crippen LogP contribution >= 0.6 is 0 Å². The molecule has 7 heteroatoms. The number of rotatable bonds is 18. The largest absolute Gasteiger partial charge is 0.481 e. The van der Waals surface area contributed by atoms with Crippen molar-refractivity contribution in [3.8, 4) is 17.6 Å². The number of ether oxygens (including phenoxy) is 3. The second kappa shape index (κ2) is 21.1. The van der Waals surface area contributed by atoms with Gasteiger partial charge in [-0.15, -0.1) is 0 Å². The van der Waals surface area contributed by atoms with E-state index in [0.29, 0.717) is 12.1 Å². The first kappa shape index (κ1) is 36.6. The zero-order valence-corrected chi connectivity index (χ0v) is 28.0. The minimum absolute atomic E-state index is 0.149. The van der Waals surface area contributed by atoms with Crippen molar-refractivity contribution in [1.82, 2.24) is 4.90 Å². The molecule has 0 aromatic heterocycles. The molecular formula is C40H47NO6. The summed E-state index contributed by atoms with van der Waals surface area (Å²) in [4.78, 5) is 39.4. The second-order valence-electron chi connectivity index (χ2n) is 11.3. The van der Waals surface area contributed by atoms with Crippen LogP contribution < -0.4 is 4.74 Å². The molecule has 0 saturated carbocycles. The van der Waals surface area contributed by atoms with Gasteiger partial charge in [0.25, 0.3) is 0 Å². The van der Waals surface area contributed by atoms with Gasteiger partial charge < -0.3 is 19.1 Å². The number of nitrogens with zero attached hydrogens (tertiary/aromatic N) is 1. The topological polar surface area (TPSA) is 82.1 Å². The van der Waals surface area contributed by atoms with Crippen LogP contribution in [0.25, 0.3) is 6.08 Å². The van der Waals surface area contributed by atoms with E-state index >= 15 is 0 Å². The average Bonchev–Trinajstić information content (AvgIpc) is 3.11. The number of carbonyl (C=O) groups is 3. The maximum Gasteiger partial charge on any atom is 0.343 e. The number of amides is 1. The van der Waals surface area contributed by atoms with Crippen LogP contribution in [-0.4, -0.2) is 43.6 Å². The van der Waals surface area contributed by atoms with Gasteiger partial charge in [0.2, 0.25) is 5.91 Å². The minimum Gasteiger partial charge on any atom is -0.481 e. The molecule has 0 atom stereocenters. The summed E-state index contributed by atoms with van der Waals surface area (Å²) in [5.41, 5.74) is 3.65. The van der Waals surface area contributed by atoms with Gasteiger partial charge in [0.05, 0.1) is 14.2 Å². The molecule has 248 valence electrons. The lowest BCUT2D eigenvalue weighted by Gasteiger charge is -2.22. The summed E-state index contributed by atoms with van der Waals surface area (Å²) in [5.74, 6) is 5.37. The highest BCUT2D eigenvalue weighted by molar-refractivity contribution is 5.93. The van der Waals surface area contributed by atoms with Crippen LogP contribution in [0.1, 0.15) is 97.3 Å². The molecule has 0 fully saturated rings. The van der Waals surface area contributed by atoms with Gasteiger partial charge in [0.15, 0.2) is 6.61 Å². The highest BCUT2D eigenvalue weighted by Gasteiger charge is 2.18. The SMILES string of the molecule is CCCCCCCCCCC#Cc1ccc(CN(Cc2ccc(OCC(=O)OC)c(C(=O)OC)c2)C(=O)/C=C/c2ccccc2)cc1. The maximum atomic E-state index is 13.5. The number of methoxy groups -OCH3 is 2. The zero-order chi connectivity index (χ0) is 33.7. The van der Waals surface area contributed by atoms with E-state index in [1.165, 1.54) is 59.2 Å². The highest BCUT2D eigenvalue weighted by atomic mass is 16.6. The summed E-state index contributed by atoms with van der Waals surface area (Å²) in [6, 6.07) is 22.5. The molecule has 0 unspecified atom stereocenters. The third kappa shape index (κ3) is 13.6. The van der Waals surface area contributed by atoms with Crippen LogP contribution in [0, 0.1) is 11.8 Å². The monoisotopic (exact) mass is 637 g/mol. The molecule has 0 bridgehead atoms. The molecule has 0 N–H and O–H groups in total. The minimum atomic E-state index is -0.618. The van der Waals surface area contributed by atoms with Crippen LogP contribution in [0.2, 0.25) is 0 Å². The highest BCUT2D eigenvalue weighted by Crippen LogP contribution is 2.23. The molecule has 3 aromatic carbocycles. The van der Waals surface area contributed by atoms with Crippen LogP contribution in [0.4, 0.5) is 0 Å². The molecule has 0 aliphatic carbocycles. The van der Waals surface area contributed by atoms with Crippen molar-refractivity contribution in [3.05, 3.63) is 107 Å². The molecule has 0 saturated heterocycles. The van der Waals surface area contributed by atoms with Crippen molar-refractivity contribution in [2.75, 3.05) is 20.8 Å². The zero-order valence-electron chi connectivity index (χ0n) is 28.0. The fraction of sp³-hybridized carbons (Fsp3) is 0.375. The predicted molar refractivity (Wildman–Crippen MR) is 186 cm³/mol. The Morgan fingerprint density at radius 1 is 0.766 bits per heavy atom. The van der Waals surface area contributed by atoms with Crippen molar-refractivity contribution in [3.63, 3.8) is 0 Å². The Bertz CT molecular complexity index is 1500. The Balaban J connectivity index is 1.70. The Morgan fingerprint density at radius 3 is 2.11 bits per heavy atom. The lowest BCUT2D eigenvalue weighted by molar-refractivity contribution is -0.143. The van der Waals surface area contributed by atoms with Crippen molar-refractivity contribution in [1.29, 1.82) is 0 Å². The summed E-state index contributed by atoms with van der Waals surface area (Å²) in [6.07, 6.45) is 14.5. The number of benzene rings is 3. The molecule has 7 nitrogen and oxygen atoms in total. The Morgan fingerprint density at radius 2 is 1.43 bits per heavy atom. The van der Waals surface area contributed by atoms with E-state index in [1.807, 2.05) is 54.6 Å². The number of esters is 2. The van der Waals surface area contributed by atoms with Crippen molar-refractivity contribution >= 4 is 23.9 Å². The van der Waals surface area contributed by atoms with Gasteiger partial charge in [0.1, 0.15) is 11.3 Å². The van der Waals surface area contributed by atoms with Gasteiger partial charge in [-0.25, -0.2) is 9.59 Å². The summed E-state index contributed by atoms with van der Waals surface area (Å²) in [7, 11) is 2.53. The van der Waals surface area contributed by atoms with Crippen LogP contribution in [-0.2, 0) is 32.2 Å². The number of hydrogen-bond donors (Lipinski definition) is 0. The van der Waals surface area contributed by atoms with Gasteiger partial charge >= 0.3 is 11.9 Å². The van der Waals surface area contributed by atoms with E-state index in [9.17, 15) is 14.4 Å². The van der Waals surface area contributed by atoms with Gasteiger partial charge in [-0.2, -0.15) is 0 Å². The van der Waals surface area contributed by atoms with E-state index in [2.05, 4.69) is 23.5 Å². The molecule has 0 heterocycles. The molecule has 0 aliphatic rings. The number of unbranched alkanes of at least 4 members (excludes halogenated alkanes) is 8. The van der Waals surface area contributed by atoms with E-state index in [-0.39, 0.29) is 30.4 Å². The van der Waals surface area contributed by atoms with Gasteiger partial charge in [-0.3, -0.25) is 4.79 Å². The molecule has 47 heavy (non-hydrogen) atoms. The van der Waals surface area contributed by atoms with Gasteiger partial charge in [0, 0.05) is 31.1 Å². The number of hydrogen-bond acceptors (Lipinski definition) is 6. The molecule has 0 spiro atoms.